The molecule has 1 N–H and O–H groups in total. The molecule has 0 spiro atoms. The van der Waals surface area contributed by atoms with Gasteiger partial charge in [-0.25, -0.2) is 5.43 Å². The summed E-state index contributed by atoms with van der Waals surface area (Å²) in [5.41, 5.74) is 4.77. The molecule has 0 radical (unpaired) electrons. The Bertz CT molecular complexity index is 1230. The average Bonchev–Trinajstić information content (AvgIpc) is 3.27. The van der Waals surface area contributed by atoms with E-state index < -0.39 is 5.92 Å². The van der Waals surface area contributed by atoms with Crippen LogP contribution < -0.4 is 19.8 Å². The van der Waals surface area contributed by atoms with E-state index in [4.69, 9.17) is 32.7 Å². The summed E-state index contributed by atoms with van der Waals surface area (Å²) in [4.78, 5) is 26.6. The molecule has 1 fully saturated rings. The largest absolute Gasteiger partial charge is 0.494 e. The van der Waals surface area contributed by atoms with E-state index in [0.717, 1.165) is 22.6 Å². The van der Waals surface area contributed by atoms with Crippen LogP contribution in [0.3, 0.4) is 0 Å². The molecule has 1 saturated heterocycles. The number of hydrazone groups is 1. The molecule has 0 bridgehead atoms. The molecule has 3 aromatic carbocycles. The van der Waals surface area contributed by atoms with Gasteiger partial charge in [0.05, 0.1) is 18.7 Å². The summed E-state index contributed by atoms with van der Waals surface area (Å²) >= 11 is 12.3. The van der Waals surface area contributed by atoms with Crippen LogP contribution in [0, 0.1) is 5.92 Å². The van der Waals surface area contributed by atoms with Crippen molar-refractivity contribution in [2.24, 2.45) is 11.0 Å². The van der Waals surface area contributed by atoms with Crippen molar-refractivity contribution in [3.05, 3.63) is 87.9 Å². The van der Waals surface area contributed by atoms with E-state index >= 15 is 0 Å². The Labute approximate surface area is 219 Å². The Morgan fingerprint density at radius 1 is 1.03 bits per heavy atom. The second kappa shape index (κ2) is 11.9. The van der Waals surface area contributed by atoms with Crippen molar-refractivity contribution >= 4 is 46.9 Å². The summed E-state index contributed by atoms with van der Waals surface area (Å²) in [5, 5.41) is 5.14. The van der Waals surface area contributed by atoms with Crippen LogP contribution in [0.5, 0.6) is 11.5 Å². The molecule has 186 valence electrons. The highest BCUT2D eigenvalue weighted by Crippen LogP contribution is 2.28. The third-order valence-electron chi connectivity index (χ3n) is 5.67. The number of halogens is 2. The second-order valence-corrected chi connectivity index (χ2v) is 8.94. The minimum absolute atomic E-state index is 0.100. The maximum absolute atomic E-state index is 12.6. The summed E-state index contributed by atoms with van der Waals surface area (Å²) in [6.07, 6.45) is 1.67. The number of nitrogens with one attached hydrogen (secondary N) is 1. The maximum Gasteiger partial charge on any atom is 0.245 e. The first-order valence-electron chi connectivity index (χ1n) is 11.5. The van der Waals surface area contributed by atoms with E-state index in [1.54, 1.807) is 35.2 Å². The van der Waals surface area contributed by atoms with Gasteiger partial charge in [0, 0.05) is 34.3 Å². The van der Waals surface area contributed by atoms with Gasteiger partial charge in [0.25, 0.3) is 0 Å². The van der Waals surface area contributed by atoms with Crippen molar-refractivity contribution in [3.63, 3.8) is 0 Å². The van der Waals surface area contributed by atoms with Crippen molar-refractivity contribution in [2.75, 3.05) is 18.1 Å². The van der Waals surface area contributed by atoms with Crippen LogP contribution in [0.15, 0.2) is 71.8 Å². The van der Waals surface area contributed by atoms with Gasteiger partial charge in [-0.05, 0) is 73.2 Å². The monoisotopic (exact) mass is 525 g/mol. The van der Waals surface area contributed by atoms with Crippen LogP contribution in [0.25, 0.3) is 0 Å². The summed E-state index contributed by atoms with van der Waals surface area (Å²) in [6, 6.07) is 19.8. The van der Waals surface area contributed by atoms with Crippen molar-refractivity contribution in [3.8, 4) is 11.5 Å². The number of ether oxygens (including phenoxy) is 2. The number of carbonyl (C=O) groups excluding carboxylic acids is 2. The first kappa shape index (κ1) is 25.5. The maximum atomic E-state index is 12.6. The van der Waals surface area contributed by atoms with E-state index in [0.29, 0.717) is 28.9 Å². The number of hydrogen-bond acceptors (Lipinski definition) is 5. The van der Waals surface area contributed by atoms with Crippen molar-refractivity contribution in [1.29, 1.82) is 0 Å². The molecule has 0 saturated carbocycles. The molecule has 0 aromatic heterocycles. The average molecular weight is 526 g/mol. The van der Waals surface area contributed by atoms with Gasteiger partial charge in [0.1, 0.15) is 18.1 Å². The number of rotatable bonds is 9. The van der Waals surface area contributed by atoms with Crippen LogP contribution in [-0.4, -0.2) is 31.2 Å². The van der Waals surface area contributed by atoms with Crippen molar-refractivity contribution in [2.45, 2.75) is 20.0 Å². The van der Waals surface area contributed by atoms with Gasteiger partial charge >= 0.3 is 0 Å². The molecule has 1 atom stereocenters. The Kier molecular flexibility index (Phi) is 8.46. The third kappa shape index (κ3) is 6.36. The molecule has 1 heterocycles. The molecule has 3 aromatic rings. The Morgan fingerprint density at radius 2 is 1.67 bits per heavy atom. The molecule has 36 heavy (non-hydrogen) atoms. The fraction of sp³-hybridized carbons (Fsp3) is 0.222. The number of anilines is 1. The van der Waals surface area contributed by atoms with Gasteiger partial charge in [-0.3, -0.25) is 9.59 Å². The molecular weight excluding hydrogens is 501 g/mol. The smallest absolute Gasteiger partial charge is 0.245 e. The van der Waals surface area contributed by atoms with Crippen LogP contribution >= 0.6 is 23.2 Å². The lowest BCUT2D eigenvalue weighted by Crippen LogP contribution is -2.30. The fourth-order valence-corrected chi connectivity index (χ4v) is 4.27. The molecule has 4 rings (SSSR count). The minimum atomic E-state index is -0.478. The molecule has 0 unspecified atom stereocenters. The number of benzene rings is 3. The standard InChI is InChI=1S/C27H25Cl2N3O4/c1-2-35-21-12-8-20(9-13-21)32-16-19(14-26(32)33)27(34)31-30-15-18-6-10-22(11-7-18)36-17-23-24(28)4-3-5-25(23)29/h3-13,15,19H,2,14,16-17H2,1H3,(H,31,34)/b30-15-/t19-/m1/s1. The third-order valence-corrected chi connectivity index (χ3v) is 6.38. The fourth-order valence-electron chi connectivity index (χ4n) is 3.76. The summed E-state index contributed by atoms with van der Waals surface area (Å²) in [7, 11) is 0. The molecule has 1 aliphatic heterocycles. The lowest BCUT2D eigenvalue weighted by molar-refractivity contribution is -0.126. The van der Waals surface area contributed by atoms with Gasteiger partial charge in [-0.15, -0.1) is 0 Å². The van der Waals surface area contributed by atoms with Gasteiger partial charge in [-0.2, -0.15) is 5.10 Å². The molecule has 2 amide bonds. The minimum Gasteiger partial charge on any atom is -0.494 e. The zero-order valence-electron chi connectivity index (χ0n) is 19.6. The van der Waals surface area contributed by atoms with Gasteiger partial charge < -0.3 is 14.4 Å². The highest BCUT2D eigenvalue weighted by Gasteiger charge is 2.35. The summed E-state index contributed by atoms with van der Waals surface area (Å²) in [6.45, 7) is 3.03. The molecular formula is C27H25Cl2N3O4. The molecule has 7 nitrogen and oxygen atoms in total. The topological polar surface area (TPSA) is 80.2 Å². The van der Waals surface area contributed by atoms with Crippen LogP contribution in [0.1, 0.15) is 24.5 Å². The Balaban J connectivity index is 1.27. The molecule has 1 aliphatic rings. The predicted octanol–water partition coefficient (Wildman–Crippen LogP) is 5.47. The van der Waals surface area contributed by atoms with E-state index in [2.05, 4.69) is 10.5 Å². The first-order chi connectivity index (χ1) is 17.4. The Morgan fingerprint density at radius 3 is 2.33 bits per heavy atom. The zero-order valence-corrected chi connectivity index (χ0v) is 21.1. The first-order valence-corrected chi connectivity index (χ1v) is 12.2. The lowest BCUT2D eigenvalue weighted by Gasteiger charge is -2.17. The lowest BCUT2D eigenvalue weighted by atomic mass is 10.1. The van der Waals surface area contributed by atoms with Gasteiger partial charge in [0.15, 0.2) is 0 Å². The van der Waals surface area contributed by atoms with Crippen LogP contribution in [0.2, 0.25) is 10.0 Å². The van der Waals surface area contributed by atoms with Gasteiger partial charge in [-0.1, -0.05) is 29.3 Å². The normalized spacial score (nSPS) is 15.4. The highest BCUT2D eigenvalue weighted by molar-refractivity contribution is 6.35. The highest BCUT2D eigenvalue weighted by atomic mass is 35.5. The second-order valence-electron chi connectivity index (χ2n) is 8.12. The quantitative estimate of drug-likeness (QED) is 0.296. The van der Waals surface area contributed by atoms with E-state index in [9.17, 15) is 9.59 Å². The van der Waals surface area contributed by atoms with E-state index in [1.165, 1.54) is 6.21 Å². The summed E-state index contributed by atoms with van der Waals surface area (Å²) < 4.78 is 11.2. The predicted molar refractivity (Wildman–Crippen MR) is 141 cm³/mol. The van der Waals surface area contributed by atoms with Crippen LogP contribution in [0.4, 0.5) is 5.69 Å². The Hall–Kier alpha value is -3.55. The number of carbonyl (C=O) groups is 2. The zero-order chi connectivity index (χ0) is 25.5. The number of hydrogen-bond donors (Lipinski definition) is 1. The molecule has 9 heteroatoms. The number of amides is 2. The van der Waals surface area contributed by atoms with Gasteiger partial charge in [0.2, 0.25) is 11.8 Å². The van der Waals surface area contributed by atoms with Crippen LogP contribution in [-0.2, 0) is 16.2 Å². The van der Waals surface area contributed by atoms with Crippen molar-refractivity contribution in [1.82, 2.24) is 5.43 Å². The van der Waals surface area contributed by atoms with E-state index in [1.807, 2.05) is 43.3 Å². The molecule has 0 aliphatic carbocycles. The SMILES string of the molecule is CCOc1ccc(N2C[C@H](C(=O)N/N=C\c3ccc(OCc4c(Cl)cccc4Cl)cc3)CC2=O)cc1. The number of nitrogens with zero attached hydrogens (tertiary/aromatic N) is 2. The van der Waals surface area contributed by atoms with Crippen molar-refractivity contribution < 1.29 is 19.1 Å². The van der Waals surface area contributed by atoms with E-state index in [-0.39, 0.29) is 24.8 Å². The summed E-state index contributed by atoms with van der Waals surface area (Å²) in [5.74, 6) is 0.502.